The molecule has 0 saturated heterocycles. The molecule has 3 heteroatoms. The minimum absolute atomic E-state index is 0.0667. The summed E-state index contributed by atoms with van der Waals surface area (Å²) in [6.07, 6.45) is 5.00. The van der Waals surface area contributed by atoms with Crippen LogP contribution in [0.3, 0.4) is 0 Å². The standard InChI is InChI=1S/C13H19NO2/c1-16-12-8-10(6-7-11(12)15)13(14)9-4-2-3-5-9/h6-9,13,15H,2-5,14H2,1H3/t13-/m1/s1. The molecule has 16 heavy (non-hydrogen) atoms. The second-order valence-corrected chi connectivity index (χ2v) is 4.50. The van der Waals surface area contributed by atoms with Crippen molar-refractivity contribution >= 4 is 0 Å². The molecule has 0 aromatic heterocycles. The summed E-state index contributed by atoms with van der Waals surface area (Å²) in [4.78, 5) is 0. The minimum atomic E-state index is 0.0667. The first kappa shape index (κ1) is 11.3. The summed E-state index contributed by atoms with van der Waals surface area (Å²) in [5.74, 6) is 1.25. The number of phenols is 1. The van der Waals surface area contributed by atoms with Crippen molar-refractivity contribution in [2.45, 2.75) is 31.7 Å². The Morgan fingerprint density at radius 1 is 1.38 bits per heavy atom. The van der Waals surface area contributed by atoms with E-state index in [9.17, 15) is 5.11 Å². The van der Waals surface area contributed by atoms with Gasteiger partial charge >= 0.3 is 0 Å². The van der Waals surface area contributed by atoms with Gasteiger partial charge in [0.25, 0.3) is 0 Å². The summed E-state index contributed by atoms with van der Waals surface area (Å²) in [5.41, 5.74) is 7.29. The van der Waals surface area contributed by atoms with Gasteiger partial charge in [-0.3, -0.25) is 0 Å². The van der Waals surface area contributed by atoms with Gasteiger partial charge in [0.2, 0.25) is 0 Å². The van der Waals surface area contributed by atoms with Gasteiger partial charge in [0, 0.05) is 6.04 Å². The lowest BCUT2D eigenvalue weighted by molar-refractivity contribution is 0.370. The number of rotatable bonds is 3. The van der Waals surface area contributed by atoms with Gasteiger partial charge in [0.15, 0.2) is 11.5 Å². The molecule has 0 unspecified atom stereocenters. The summed E-state index contributed by atoms with van der Waals surface area (Å²) in [5, 5.41) is 9.52. The zero-order valence-corrected chi connectivity index (χ0v) is 9.65. The van der Waals surface area contributed by atoms with Crippen LogP contribution < -0.4 is 10.5 Å². The van der Waals surface area contributed by atoms with Crippen molar-refractivity contribution in [3.8, 4) is 11.5 Å². The van der Waals surface area contributed by atoms with E-state index in [4.69, 9.17) is 10.5 Å². The number of aromatic hydroxyl groups is 1. The van der Waals surface area contributed by atoms with Crippen LogP contribution in [-0.4, -0.2) is 12.2 Å². The van der Waals surface area contributed by atoms with E-state index in [0.29, 0.717) is 11.7 Å². The van der Waals surface area contributed by atoms with Crippen LogP contribution in [0.15, 0.2) is 18.2 Å². The van der Waals surface area contributed by atoms with Crippen molar-refractivity contribution in [2.75, 3.05) is 7.11 Å². The largest absolute Gasteiger partial charge is 0.504 e. The molecule has 1 aromatic carbocycles. The van der Waals surface area contributed by atoms with Crippen LogP contribution >= 0.6 is 0 Å². The smallest absolute Gasteiger partial charge is 0.160 e. The fourth-order valence-corrected chi connectivity index (χ4v) is 2.49. The fraction of sp³-hybridized carbons (Fsp3) is 0.538. The SMILES string of the molecule is COc1cc([C@H](N)C2CCCC2)ccc1O. The molecule has 0 aliphatic heterocycles. The molecule has 0 bridgehead atoms. The predicted molar refractivity (Wildman–Crippen MR) is 63.5 cm³/mol. The summed E-state index contributed by atoms with van der Waals surface area (Å²) < 4.78 is 5.09. The normalized spacial score (nSPS) is 18.6. The van der Waals surface area contributed by atoms with E-state index >= 15 is 0 Å². The van der Waals surface area contributed by atoms with Crippen molar-refractivity contribution in [1.29, 1.82) is 0 Å². The van der Waals surface area contributed by atoms with Crippen LogP contribution in [0.1, 0.15) is 37.3 Å². The van der Waals surface area contributed by atoms with Gasteiger partial charge in [-0.1, -0.05) is 18.9 Å². The molecule has 1 aliphatic rings. The van der Waals surface area contributed by atoms with Crippen molar-refractivity contribution in [3.05, 3.63) is 23.8 Å². The minimum Gasteiger partial charge on any atom is -0.504 e. The van der Waals surface area contributed by atoms with Crippen LogP contribution in [0.2, 0.25) is 0 Å². The molecule has 0 spiro atoms. The quantitative estimate of drug-likeness (QED) is 0.824. The molecular formula is C13H19NO2. The molecule has 1 aliphatic carbocycles. The Balaban J connectivity index is 2.19. The third-order valence-corrected chi connectivity index (χ3v) is 3.50. The number of methoxy groups -OCH3 is 1. The maximum absolute atomic E-state index is 9.52. The second kappa shape index (κ2) is 4.74. The highest BCUT2D eigenvalue weighted by atomic mass is 16.5. The number of nitrogens with two attached hydrogens (primary N) is 1. The molecule has 2 rings (SSSR count). The molecular weight excluding hydrogens is 202 g/mol. The molecule has 3 N–H and O–H groups in total. The lowest BCUT2D eigenvalue weighted by atomic mass is 9.92. The third kappa shape index (κ3) is 2.14. The molecule has 1 saturated carbocycles. The number of ether oxygens (including phenoxy) is 1. The lowest BCUT2D eigenvalue weighted by Gasteiger charge is -2.19. The monoisotopic (exact) mass is 221 g/mol. The first-order valence-electron chi connectivity index (χ1n) is 5.85. The Kier molecular flexibility index (Phi) is 3.34. The molecule has 88 valence electrons. The fourth-order valence-electron chi connectivity index (χ4n) is 2.49. The van der Waals surface area contributed by atoms with Crippen LogP contribution in [0.5, 0.6) is 11.5 Å². The Morgan fingerprint density at radius 3 is 2.69 bits per heavy atom. The summed E-state index contributed by atoms with van der Waals surface area (Å²) in [6.45, 7) is 0. The maximum atomic E-state index is 9.52. The van der Waals surface area contributed by atoms with Crippen molar-refractivity contribution in [3.63, 3.8) is 0 Å². The Bertz CT molecular complexity index is 359. The Morgan fingerprint density at radius 2 is 2.06 bits per heavy atom. The van der Waals surface area contributed by atoms with Gasteiger partial charge in [-0.05, 0) is 36.5 Å². The van der Waals surface area contributed by atoms with E-state index in [2.05, 4.69) is 0 Å². The number of hydrogen-bond acceptors (Lipinski definition) is 3. The van der Waals surface area contributed by atoms with Gasteiger partial charge in [-0.2, -0.15) is 0 Å². The highest BCUT2D eigenvalue weighted by molar-refractivity contribution is 5.42. The third-order valence-electron chi connectivity index (χ3n) is 3.50. The van der Waals surface area contributed by atoms with Gasteiger partial charge in [-0.25, -0.2) is 0 Å². The highest BCUT2D eigenvalue weighted by Crippen LogP contribution is 2.36. The van der Waals surface area contributed by atoms with Crippen LogP contribution in [-0.2, 0) is 0 Å². The maximum Gasteiger partial charge on any atom is 0.160 e. The van der Waals surface area contributed by atoms with Gasteiger partial charge in [-0.15, -0.1) is 0 Å². The lowest BCUT2D eigenvalue weighted by Crippen LogP contribution is -2.19. The average molecular weight is 221 g/mol. The highest BCUT2D eigenvalue weighted by Gasteiger charge is 2.23. The first-order valence-corrected chi connectivity index (χ1v) is 5.85. The van der Waals surface area contributed by atoms with E-state index < -0.39 is 0 Å². The Hall–Kier alpha value is -1.22. The first-order chi connectivity index (χ1) is 7.72. The predicted octanol–water partition coefficient (Wildman–Crippen LogP) is 2.59. The number of benzene rings is 1. The summed E-state index contributed by atoms with van der Waals surface area (Å²) in [6, 6.07) is 5.46. The van der Waals surface area contributed by atoms with Crippen molar-refractivity contribution in [1.82, 2.24) is 0 Å². The molecule has 3 nitrogen and oxygen atoms in total. The van der Waals surface area contributed by atoms with Gasteiger partial charge < -0.3 is 15.6 Å². The van der Waals surface area contributed by atoms with Crippen molar-refractivity contribution in [2.24, 2.45) is 11.7 Å². The van der Waals surface area contributed by atoms with E-state index in [-0.39, 0.29) is 11.8 Å². The Labute approximate surface area is 96.2 Å². The summed E-state index contributed by atoms with van der Waals surface area (Å²) >= 11 is 0. The number of hydrogen-bond donors (Lipinski definition) is 2. The molecule has 1 atom stereocenters. The molecule has 1 fully saturated rings. The van der Waals surface area contributed by atoms with E-state index in [1.165, 1.54) is 25.7 Å². The summed E-state index contributed by atoms with van der Waals surface area (Å²) in [7, 11) is 1.56. The average Bonchev–Trinajstić information content (AvgIpc) is 2.82. The molecule has 0 radical (unpaired) electrons. The molecule has 1 aromatic rings. The van der Waals surface area contributed by atoms with E-state index in [0.717, 1.165) is 5.56 Å². The van der Waals surface area contributed by atoms with E-state index in [1.807, 2.05) is 12.1 Å². The van der Waals surface area contributed by atoms with Crippen LogP contribution in [0.25, 0.3) is 0 Å². The zero-order valence-electron chi connectivity index (χ0n) is 9.65. The number of phenolic OH excluding ortho intramolecular Hbond substituents is 1. The van der Waals surface area contributed by atoms with Gasteiger partial charge in [0.1, 0.15) is 0 Å². The molecule has 0 heterocycles. The van der Waals surface area contributed by atoms with Crippen LogP contribution in [0.4, 0.5) is 0 Å². The van der Waals surface area contributed by atoms with Crippen molar-refractivity contribution < 1.29 is 9.84 Å². The molecule has 0 amide bonds. The van der Waals surface area contributed by atoms with Crippen LogP contribution in [0, 0.1) is 5.92 Å². The second-order valence-electron chi connectivity index (χ2n) is 4.50. The van der Waals surface area contributed by atoms with E-state index in [1.54, 1.807) is 13.2 Å². The van der Waals surface area contributed by atoms with Gasteiger partial charge in [0.05, 0.1) is 7.11 Å². The topological polar surface area (TPSA) is 55.5 Å². The zero-order chi connectivity index (χ0) is 11.5.